The maximum atomic E-state index is 5.60. The molecule has 2 heterocycles. The van der Waals surface area contributed by atoms with Crippen LogP contribution in [0.3, 0.4) is 0 Å². The number of hydrogen-bond acceptors (Lipinski definition) is 3. The number of rotatable bonds is 2. The highest BCUT2D eigenvalue weighted by Gasteiger charge is 2.27. The maximum absolute atomic E-state index is 5.60. The molecule has 15 heavy (non-hydrogen) atoms. The van der Waals surface area contributed by atoms with Crippen molar-refractivity contribution in [2.75, 3.05) is 0 Å². The lowest BCUT2D eigenvalue weighted by Gasteiger charge is -2.03. The predicted molar refractivity (Wildman–Crippen MR) is 58.4 cm³/mol. The van der Waals surface area contributed by atoms with Gasteiger partial charge in [0.25, 0.3) is 0 Å². The van der Waals surface area contributed by atoms with Crippen molar-refractivity contribution in [1.82, 2.24) is 14.5 Å². The van der Waals surface area contributed by atoms with Gasteiger partial charge in [0.15, 0.2) is 5.65 Å². The molecule has 0 unspecified atom stereocenters. The number of aromatic nitrogens is 3. The highest BCUT2D eigenvalue weighted by atomic mass is 15.2. The molecular formula is C11H14N4. The van der Waals surface area contributed by atoms with Crippen LogP contribution in [-0.2, 0) is 6.54 Å². The van der Waals surface area contributed by atoms with Crippen molar-refractivity contribution in [3.63, 3.8) is 0 Å². The van der Waals surface area contributed by atoms with Crippen LogP contribution >= 0.6 is 0 Å². The van der Waals surface area contributed by atoms with Crippen LogP contribution in [0.2, 0.25) is 0 Å². The highest BCUT2D eigenvalue weighted by molar-refractivity contribution is 5.72. The van der Waals surface area contributed by atoms with Crippen molar-refractivity contribution in [2.45, 2.75) is 32.4 Å². The molecule has 4 heteroatoms. The second-order valence-electron chi connectivity index (χ2n) is 4.11. The van der Waals surface area contributed by atoms with E-state index < -0.39 is 0 Å². The highest BCUT2D eigenvalue weighted by Crippen LogP contribution is 2.37. The molecule has 0 atom stereocenters. The van der Waals surface area contributed by atoms with E-state index in [2.05, 4.69) is 14.5 Å². The SMILES string of the molecule is Cc1nc2ccc(CN)nc2n1C1CC1. The number of aryl methyl sites for hydroxylation is 1. The first kappa shape index (κ1) is 8.85. The number of hydrogen-bond donors (Lipinski definition) is 1. The molecule has 3 rings (SSSR count). The molecular weight excluding hydrogens is 188 g/mol. The van der Waals surface area contributed by atoms with Crippen LogP contribution in [0.25, 0.3) is 11.2 Å². The van der Waals surface area contributed by atoms with E-state index in [0.29, 0.717) is 12.6 Å². The summed E-state index contributed by atoms with van der Waals surface area (Å²) in [5.74, 6) is 1.06. The van der Waals surface area contributed by atoms with E-state index >= 15 is 0 Å². The molecule has 2 N–H and O–H groups in total. The van der Waals surface area contributed by atoms with Crippen LogP contribution in [0.1, 0.15) is 30.4 Å². The van der Waals surface area contributed by atoms with Gasteiger partial charge in [-0.15, -0.1) is 0 Å². The maximum Gasteiger partial charge on any atom is 0.160 e. The van der Waals surface area contributed by atoms with Crippen molar-refractivity contribution in [1.29, 1.82) is 0 Å². The molecule has 0 spiro atoms. The topological polar surface area (TPSA) is 56.7 Å². The number of nitrogens with zero attached hydrogens (tertiary/aromatic N) is 3. The third kappa shape index (κ3) is 1.33. The Labute approximate surface area is 88.1 Å². The minimum absolute atomic E-state index is 0.491. The first-order valence-electron chi connectivity index (χ1n) is 5.34. The summed E-state index contributed by atoms with van der Waals surface area (Å²) in [6.07, 6.45) is 2.50. The third-order valence-corrected chi connectivity index (χ3v) is 2.89. The predicted octanol–water partition coefficient (Wildman–Crippen LogP) is 1.53. The Morgan fingerprint density at radius 2 is 2.20 bits per heavy atom. The Balaban J connectivity index is 2.26. The zero-order chi connectivity index (χ0) is 10.4. The second-order valence-corrected chi connectivity index (χ2v) is 4.11. The Kier molecular flexibility index (Phi) is 1.79. The fourth-order valence-corrected chi connectivity index (χ4v) is 2.01. The smallest absolute Gasteiger partial charge is 0.160 e. The van der Waals surface area contributed by atoms with E-state index in [1.54, 1.807) is 0 Å². The van der Waals surface area contributed by atoms with Crippen LogP contribution in [0, 0.1) is 6.92 Å². The molecule has 1 saturated carbocycles. The summed E-state index contributed by atoms with van der Waals surface area (Å²) in [7, 11) is 0. The van der Waals surface area contributed by atoms with Gasteiger partial charge in [-0.05, 0) is 31.9 Å². The van der Waals surface area contributed by atoms with Gasteiger partial charge in [-0.1, -0.05) is 0 Å². The van der Waals surface area contributed by atoms with Crippen LogP contribution in [0.15, 0.2) is 12.1 Å². The Morgan fingerprint density at radius 3 is 2.87 bits per heavy atom. The largest absolute Gasteiger partial charge is 0.325 e. The summed E-state index contributed by atoms with van der Waals surface area (Å²) in [6.45, 7) is 2.53. The summed E-state index contributed by atoms with van der Waals surface area (Å²) >= 11 is 0. The van der Waals surface area contributed by atoms with Gasteiger partial charge in [0, 0.05) is 12.6 Å². The van der Waals surface area contributed by atoms with Crippen molar-refractivity contribution < 1.29 is 0 Å². The summed E-state index contributed by atoms with van der Waals surface area (Å²) in [5.41, 5.74) is 8.51. The quantitative estimate of drug-likeness (QED) is 0.803. The molecule has 0 amide bonds. The van der Waals surface area contributed by atoms with Gasteiger partial charge < -0.3 is 10.3 Å². The normalized spacial score (nSPS) is 16.1. The zero-order valence-electron chi connectivity index (χ0n) is 8.77. The number of fused-ring (bicyclic) bond motifs is 1. The van der Waals surface area contributed by atoms with E-state index in [1.165, 1.54) is 12.8 Å². The van der Waals surface area contributed by atoms with Crippen molar-refractivity contribution in [3.05, 3.63) is 23.7 Å². The van der Waals surface area contributed by atoms with Gasteiger partial charge in [0.1, 0.15) is 11.3 Å². The Bertz CT molecular complexity index is 511. The van der Waals surface area contributed by atoms with E-state index in [0.717, 1.165) is 22.7 Å². The monoisotopic (exact) mass is 202 g/mol. The van der Waals surface area contributed by atoms with Gasteiger partial charge in [-0.2, -0.15) is 0 Å². The summed E-state index contributed by atoms with van der Waals surface area (Å²) in [4.78, 5) is 9.06. The number of imidazole rings is 1. The summed E-state index contributed by atoms with van der Waals surface area (Å²) in [5, 5.41) is 0. The fourth-order valence-electron chi connectivity index (χ4n) is 2.01. The third-order valence-electron chi connectivity index (χ3n) is 2.89. The molecule has 2 aromatic rings. The first-order valence-corrected chi connectivity index (χ1v) is 5.34. The van der Waals surface area contributed by atoms with Crippen molar-refractivity contribution in [2.24, 2.45) is 5.73 Å². The van der Waals surface area contributed by atoms with Crippen LogP contribution in [0.5, 0.6) is 0 Å². The summed E-state index contributed by atoms with van der Waals surface area (Å²) in [6, 6.07) is 4.58. The molecule has 1 aliphatic rings. The first-order chi connectivity index (χ1) is 7.29. The van der Waals surface area contributed by atoms with Crippen molar-refractivity contribution in [3.8, 4) is 0 Å². The van der Waals surface area contributed by atoms with E-state index in [1.807, 2.05) is 19.1 Å². The van der Waals surface area contributed by atoms with Crippen LogP contribution in [-0.4, -0.2) is 14.5 Å². The molecule has 78 valence electrons. The molecule has 1 aliphatic carbocycles. The lowest BCUT2D eigenvalue weighted by atomic mass is 10.3. The van der Waals surface area contributed by atoms with Gasteiger partial charge in [0.05, 0.1) is 5.69 Å². The number of pyridine rings is 1. The molecule has 0 saturated heterocycles. The molecule has 0 aromatic carbocycles. The summed E-state index contributed by atoms with van der Waals surface area (Å²) < 4.78 is 2.24. The lowest BCUT2D eigenvalue weighted by molar-refractivity contribution is 0.724. The second kappa shape index (κ2) is 3.03. The minimum Gasteiger partial charge on any atom is -0.325 e. The zero-order valence-corrected chi connectivity index (χ0v) is 8.77. The molecule has 2 aromatic heterocycles. The molecule has 0 aliphatic heterocycles. The van der Waals surface area contributed by atoms with Crippen LogP contribution in [0.4, 0.5) is 0 Å². The average molecular weight is 202 g/mol. The molecule has 0 radical (unpaired) electrons. The van der Waals surface area contributed by atoms with Gasteiger partial charge >= 0.3 is 0 Å². The number of nitrogens with two attached hydrogens (primary N) is 1. The van der Waals surface area contributed by atoms with E-state index in [9.17, 15) is 0 Å². The van der Waals surface area contributed by atoms with Crippen molar-refractivity contribution >= 4 is 11.2 Å². The molecule has 0 bridgehead atoms. The van der Waals surface area contributed by atoms with Gasteiger partial charge in [0.2, 0.25) is 0 Å². The van der Waals surface area contributed by atoms with Gasteiger partial charge in [-0.25, -0.2) is 9.97 Å². The standard InChI is InChI=1S/C11H14N4/c1-7-13-10-5-2-8(6-12)14-11(10)15(7)9-3-4-9/h2,5,9H,3-4,6,12H2,1H3. The average Bonchev–Trinajstić information content (AvgIpc) is 3.00. The molecule has 4 nitrogen and oxygen atoms in total. The lowest BCUT2D eigenvalue weighted by Crippen LogP contribution is -2.02. The van der Waals surface area contributed by atoms with Crippen LogP contribution < -0.4 is 5.73 Å². The van der Waals surface area contributed by atoms with E-state index in [-0.39, 0.29) is 0 Å². The Morgan fingerprint density at radius 1 is 1.40 bits per heavy atom. The van der Waals surface area contributed by atoms with Gasteiger partial charge in [-0.3, -0.25) is 0 Å². The Hall–Kier alpha value is -1.42. The molecule has 1 fully saturated rings. The fraction of sp³-hybridized carbons (Fsp3) is 0.455. The minimum atomic E-state index is 0.491. The van der Waals surface area contributed by atoms with E-state index in [4.69, 9.17) is 5.73 Å².